The van der Waals surface area contributed by atoms with E-state index in [4.69, 9.17) is 25.8 Å². The lowest BCUT2D eigenvalue weighted by atomic mass is 10.2. The number of hydrogen-bond donors (Lipinski definition) is 2. The molecule has 0 aliphatic carbocycles. The van der Waals surface area contributed by atoms with Crippen LogP contribution in [-0.4, -0.2) is 27.7 Å². The Hall–Kier alpha value is -3.43. The van der Waals surface area contributed by atoms with Gasteiger partial charge in [0.15, 0.2) is 18.1 Å². The second-order valence-corrected chi connectivity index (χ2v) is 9.06. The molecule has 4 rings (SSSR count). The van der Waals surface area contributed by atoms with Gasteiger partial charge >= 0.3 is 0 Å². The van der Waals surface area contributed by atoms with Crippen molar-refractivity contribution < 1.29 is 27.4 Å². The standard InChI is InChI=1S/C22H19ClN2O6S/c1-14-2-4-15(5-3-14)25-32(27,28)17-7-9-19(18(23)11-17)29-12-22(26)24-16-6-8-20-21(10-16)31-13-30-20/h2-11,25H,12-13H2,1H3,(H,24,26). The number of rotatable bonds is 7. The van der Waals surface area contributed by atoms with Crippen molar-refractivity contribution in [2.75, 3.05) is 23.4 Å². The molecule has 0 radical (unpaired) electrons. The Morgan fingerprint density at radius 1 is 1.00 bits per heavy atom. The van der Waals surface area contributed by atoms with Crippen molar-refractivity contribution in [3.05, 3.63) is 71.2 Å². The summed E-state index contributed by atoms with van der Waals surface area (Å²) in [4.78, 5) is 12.2. The molecule has 3 aromatic rings. The highest BCUT2D eigenvalue weighted by Gasteiger charge is 2.18. The summed E-state index contributed by atoms with van der Waals surface area (Å²) in [5, 5.41) is 2.74. The molecule has 0 unspecified atom stereocenters. The zero-order valence-electron chi connectivity index (χ0n) is 16.9. The van der Waals surface area contributed by atoms with Crippen LogP contribution in [0.3, 0.4) is 0 Å². The highest BCUT2D eigenvalue weighted by Crippen LogP contribution is 2.34. The van der Waals surface area contributed by atoms with E-state index in [-0.39, 0.29) is 29.1 Å². The van der Waals surface area contributed by atoms with E-state index in [9.17, 15) is 13.2 Å². The third kappa shape index (κ3) is 5.06. The van der Waals surface area contributed by atoms with Gasteiger partial charge in [0, 0.05) is 17.4 Å². The smallest absolute Gasteiger partial charge is 0.262 e. The van der Waals surface area contributed by atoms with Gasteiger partial charge < -0.3 is 19.5 Å². The Kier molecular flexibility index (Phi) is 6.11. The summed E-state index contributed by atoms with van der Waals surface area (Å²) in [6.45, 7) is 1.73. The SMILES string of the molecule is Cc1ccc(NS(=O)(=O)c2ccc(OCC(=O)Nc3ccc4c(c3)OCO4)c(Cl)c2)cc1. The summed E-state index contributed by atoms with van der Waals surface area (Å²) in [6, 6.07) is 16.0. The number of hydrogen-bond acceptors (Lipinski definition) is 6. The number of fused-ring (bicyclic) bond motifs is 1. The predicted molar refractivity (Wildman–Crippen MR) is 120 cm³/mol. The van der Waals surface area contributed by atoms with Crippen molar-refractivity contribution in [3.63, 3.8) is 0 Å². The maximum absolute atomic E-state index is 12.6. The fraction of sp³-hybridized carbons (Fsp3) is 0.136. The maximum Gasteiger partial charge on any atom is 0.262 e. The lowest BCUT2D eigenvalue weighted by molar-refractivity contribution is -0.118. The molecule has 0 aromatic heterocycles. The molecule has 0 bridgehead atoms. The van der Waals surface area contributed by atoms with Crippen LogP contribution >= 0.6 is 11.6 Å². The van der Waals surface area contributed by atoms with Crippen LogP contribution in [0.1, 0.15) is 5.56 Å². The minimum Gasteiger partial charge on any atom is -0.482 e. The monoisotopic (exact) mass is 474 g/mol. The van der Waals surface area contributed by atoms with E-state index in [1.165, 1.54) is 18.2 Å². The molecule has 1 amide bonds. The molecule has 8 nitrogen and oxygen atoms in total. The molecular weight excluding hydrogens is 456 g/mol. The average molecular weight is 475 g/mol. The second kappa shape index (κ2) is 8.97. The fourth-order valence-corrected chi connectivity index (χ4v) is 4.30. The highest BCUT2D eigenvalue weighted by molar-refractivity contribution is 7.92. The van der Waals surface area contributed by atoms with Gasteiger partial charge in [0.05, 0.1) is 9.92 Å². The molecule has 2 N–H and O–H groups in total. The zero-order valence-corrected chi connectivity index (χ0v) is 18.5. The van der Waals surface area contributed by atoms with Crippen molar-refractivity contribution in [2.24, 2.45) is 0 Å². The van der Waals surface area contributed by atoms with Crippen LogP contribution in [0, 0.1) is 6.92 Å². The predicted octanol–water partition coefficient (Wildman–Crippen LogP) is 4.20. The van der Waals surface area contributed by atoms with Crippen molar-refractivity contribution >= 4 is 38.9 Å². The van der Waals surface area contributed by atoms with E-state index >= 15 is 0 Å². The molecule has 10 heteroatoms. The number of sulfonamides is 1. The van der Waals surface area contributed by atoms with Gasteiger partial charge in [-0.15, -0.1) is 0 Å². The van der Waals surface area contributed by atoms with Gasteiger partial charge in [0.1, 0.15) is 5.75 Å². The Morgan fingerprint density at radius 2 is 1.72 bits per heavy atom. The zero-order chi connectivity index (χ0) is 22.7. The first-order valence-corrected chi connectivity index (χ1v) is 11.4. The highest BCUT2D eigenvalue weighted by atomic mass is 35.5. The second-order valence-electron chi connectivity index (χ2n) is 6.97. The fourth-order valence-electron chi connectivity index (χ4n) is 2.92. The first-order valence-electron chi connectivity index (χ1n) is 9.51. The molecule has 166 valence electrons. The molecule has 0 saturated heterocycles. The average Bonchev–Trinajstić information content (AvgIpc) is 3.22. The Bertz CT molecular complexity index is 1260. The quantitative estimate of drug-likeness (QED) is 0.532. The Labute approximate surface area is 190 Å². The molecular formula is C22H19ClN2O6S. The maximum atomic E-state index is 12.6. The van der Waals surface area contributed by atoms with Crippen LogP contribution in [0.25, 0.3) is 0 Å². The lowest BCUT2D eigenvalue weighted by Gasteiger charge is -2.12. The number of nitrogens with one attached hydrogen (secondary N) is 2. The number of carbonyl (C=O) groups is 1. The van der Waals surface area contributed by atoms with Gasteiger partial charge in [-0.1, -0.05) is 29.3 Å². The number of halogens is 1. The normalized spacial score (nSPS) is 12.3. The van der Waals surface area contributed by atoms with Gasteiger partial charge in [-0.3, -0.25) is 9.52 Å². The number of anilines is 2. The van der Waals surface area contributed by atoms with Gasteiger partial charge in [-0.25, -0.2) is 8.42 Å². The lowest BCUT2D eigenvalue weighted by Crippen LogP contribution is -2.20. The largest absolute Gasteiger partial charge is 0.482 e. The van der Waals surface area contributed by atoms with Crippen LogP contribution in [0.15, 0.2) is 65.6 Å². The van der Waals surface area contributed by atoms with E-state index in [1.807, 2.05) is 6.92 Å². The van der Waals surface area contributed by atoms with Gasteiger partial charge in [0.2, 0.25) is 6.79 Å². The van der Waals surface area contributed by atoms with E-state index in [1.54, 1.807) is 42.5 Å². The topological polar surface area (TPSA) is 103 Å². The summed E-state index contributed by atoms with van der Waals surface area (Å²) < 4.78 is 43.7. The van der Waals surface area contributed by atoms with Crippen LogP contribution in [0.2, 0.25) is 5.02 Å². The Morgan fingerprint density at radius 3 is 2.47 bits per heavy atom. The molecule has 0 atom stereocenters. The van der Waals surface area contributed by atoms with Crippen molar-refractivity contribution in [1.29, 1.82) is 0 Å². The first kappa shape index (κ1) is 21.8. The van der Waals surface area contributed by atoms with E-state index in [2.05, 4.69) is 10.0 Å². The molecule has 0 fully saturated rings. The van der Waals surface area contributed by atoms with E-state index < -0.39 is 15.9 Å². The molecule has 0 spiro atoms. The summed E-state index contributed by atoms with van der Waals surface area (Å²) in [5.41, 5.74) is 1.98. The summed E-state index contributed by atoms with van der Waals surface area (Å²) in [7, 11) is -3.83. The van der Waals surface area contributed by atoms with Crippen LogP contribution in [0.5, 0.6) is 17.2 Å². The summed E-state index contributed by atoms with van der Waals surface area (Å²) in [5.74, 6) is 0.917. The first-order chi connectivity index (χ1) is 15.3. The summed E-state index contributed by atoms with van der Waals surface area (Å²) >= 11 is 6.19. The van der Waals surface area contributed by atoms with Gasteiger partial charge in [-0.05, 0) is 49.4 Å². The minimum atomic E-state index is -3.83. The molecule has 3 aromatic carbocycles. The molecule has 1 aliphatic heterocycles. The number of amides is 1. The van der Waals surface area contributed by atoms with Crippen molar-refractivity contribution in [2.45, 2.75) is 11.8 Å². The number of carbonyl (C=O) groups excluding carboxylic acids is 1. The number of ether oxygens (including phenoxy) is 3. The molecule has 32 heavy (non-hydrogen) atoms. The van der Waals surface area contributed by atoms with Crippen molar-refractivity contribution in [1.82, 2.24) is 0 Å². The molecule has 1 heterocycles. The van der Waals surface area contributed by atoms with Crippen LogP contribution in [0.4, 0.5) is 11.4 Å². The third-order valence-corrected chi connectivity index (χ3v) is 6.21. The van der Waals surface area contributed by atoms with Gasteiger partial charge in [-0.2, -0.15) is 0 Å². The van der Waals surface area contributed by atoms with Gasteiger partial charge in [0.25, 0.3) is 15.9 Å². The minimum absolute atomic E-state index is 0.0276. The number of benzene rings is 3. The van der Waals surface area contributed by atoms with E-state index in [0.29, 0.717) is 22.9 Å². The Balaban J connectivity index is 1.37. The molecule has 0 saturated carbocycles. The molecule has 1 aliphatic rings. The number of aryl methyl sites for hydroxylation is 1. The third-order valence-electron chi connectivity index (χ3n) is 4.53. The summed E-state index contributed by atoms with van der Waals surface area (Å²) in [6.07, 6.45) is 0. The van der Waals surface area contributed by atoms with Crippen molar-refractivity contribution in [3.8, 4) is 17.2 Å². The van der Waals surface area contributed by atoms with Crippen LogP contribution < -0.4 is 24.2 Å². The van der Waals surface area contributed by atoms with E-state index in [0.717, 1.165) is 5.56 Å². The van der Waals surface area contributed by atoms with Crippen LogP contribution in [-0.2, 0) is 14.8 Å².